The molecule has 0 unspecified atom stereocenters. The molecular weight excluding hydrogens is 357 g/mol. The zero-order chi connectivity index (χ0) is 16.1. The smallest absolute Gasteiger partial charge is 0.267 e. The van der Waals surface area contributed by atoms with Gasteiger partial charge in [-0.3, -0.25) is 14.9 Å². The van der Waals surface area contributed by atoms with Crippen molar-refractivity contribution in [2.24, 2.45) is 5.10 Å². The van der Waals surface area contributed by atoms with Crippen molar-refractivity contribution in [2.75, 3.05) is 0 Å². The SMILES string of the molecule is O=C(N/N=C/c1ccc(Br)c([N+](=O)[O-])c1)c1cccc(F)c1. The van der Waals surface area contributed by atoms with Gasteiger partial charge in [-0.05, 0) is 40.2 Å². The van der Waals surface area contributed by atoms with Crippen LogP contribution in [0, 0.1) is 15.9 Å². The molecular formula is C14H9BrFN3O3. The number of rotatable bonds is 4. The van der Waals surface area contributed by atoms with Crippen molar-refractivity contribution in [3.8, 4) is 0 Å². The Morgan fingerprint density at radius 2 is 2.09 bits per heavy atom. The van der Waals surface area contributed by atoms with E-state index in [9.17, 15) is 19.3 Å². The molecule has 1 N–H and O–H groups in total. The number of hydrogen-bond donors (Lipinski definition) is 1. The minimum atomic E-state index is -0.581. The second kappa shape index (κ2) is 6.90. The fourth-order valence-corrected chi connectivity index (χ4v) is 2.00. The molecule has 0 aliphatic rings. The fourth-order valence-electron chi connectivity index (χ4n) is 1.61. The van der Waals surface area contributed by atoms with Crippen LogP contribution < -0.4 is 5.43 Å². The molecule has 2 aromatic rings. The van der Waals surface area contributed by atoms with E-state index in [-0.39, 0.29) is 11.3 Å². The molecule has 0 spiro atoms. The average Bonchev–Trinajstić information content (AvgIpc) is 2.48. The first kappa shape index (κ1) is 15.8. The Morgan fingerprint density at radius 3 is 2.77 bits per heavy atom. The first-order valence-corrected chi connectivity index (χ1v) is 6.79. The molecule has 2 aromatic carbocycles. The minimum Gasteiger partial charge on any atom is -0.267 e. The summed E-state index contributed by atoms with van der Waals surface area (Å²) in [5.74, 6) is -1.11. The molecule has 1 amide bonds. The maximum absolute atomic E-state index is 13.0. The van der Waals surface area contributed by atoms with E-state index in [2.05, 4.69) is 26.5 Å². The Kier molecular flexibility index (Phi) is 4.95. The van der Waals surface area contributed by atoms with E-state index in [0.717, 1.165) is 6.07 Å². The van der Waals surface area contributed by atoms with Crippen LogP contribution in [0.25, 0.3) is 0 Å². The van der Waals surface area contributed by atoms with Gasteiger partial charge in [0.05, 0.1) is 15.6 Å². The maximum Gasteiger partial charge on any atom is 0.284 e. The highest BCUT2D eigenvalue weighted by Crippen LogP contribution is 2.24. The highest BCUT2D eigenvalue weighted by Gasteiger charge is 2.11. The molecule has 6 nitrogen and oxygen atoms in total. The number of amides is 1. The summed E-state index contributed by atoms with van der Waals surface area (Å²) in [4.78, 5) is 22.0. The molecule has 0 saturated heterocycles. The van der Waals surface area contributed by atoms with Crippen molar-refractivity contribution in [1.82, 2.24) is 5.43 Å². The predicted molar refractivity (Wildman–Crippen MR) is 82.3 cm³/mol. The van der Waals surface area contributed by atoms with Gasteiger partial charge in [0, 0.05) is 17.2 Å². The lowest BCUT2D eigenvalue weighted by molar-refractivity contribution is -0.385. The lowest BCUT2D eigenvalue weighted by atomic mass is 10.2. The molecule has 112 valence electrons. The second-order valence-electron chi connectivity index (χ2n) is 4.18. The van der Waals surface area contributed by atoms with Crippen LogP contribution >= 0.6 is 15.9 Å². The molecule has 0 saturated carbocycles. The van der Waals surface area contributed by atoms with E-state index in [0.29, 0.717) is 10.0 Å². The van der Waals surface area contributed by atoms with Crippen molar-refractivity contribution >= 4 is 33.7 Å². The van der Waals surface area contributed by atoms with E-state index < -0.39 is 16.6 Å². The van der Waals surface area contributed by atoms with Gasteiger partial charge < -0.3 is 0 Å². The highest BCUT2D eigenvalue weighted by atomic mass is 79.9. The van der Waals surface area contributed by atoms with Crippen molar-refractivity contribution in [3.05, 3.63) is 74.0 Å². The first-order valence-electron chi connectivity index (χ1n) is 6.00. The minimum absolute atomic E-state index is 0.111. The molecule has 0 fully saturated rings. The summed E-state index contributed by atoms with van der Waals surface area (Å²) in [5.41, 5.74) is 2.67. The van der Waals surface area contributed by atoms with Crippen LogP contribution in [0.15, 0.2) is 52.0 Å². The lowest BCUT2D eigenvalue weighted by Gasteiger charge is -2.00. The lowest BCUT2D eigenvalue weighted by Crippen LogP contribution is -2.17. The number of benzene rings is 2. The van der Waals surface area contributed by atoms with Gasteiger partial charge in [-0.1, -0.05) is 12.1 Å². The Labute approximate surface area is 132 Å². The van der Waals surface area contributed by atoms with Gasteiger partial charge in [0.1, 0.15) is 5.82 Å². The number of nitrogens with zero attached hydrogens (tertiary/aromatic N) is 2. The van der Waals surface area contributed by atoms with Crippen molar-refractivity contribution in [2.45, 2.75) is 0 Å². The van der Waals surface area contributed by atoms with E-state index in [1.165, 1.54) is 36.5 Å². The van der Waals surface area contributed by atoms with Gasteiger partial charge >= 0.3 is 0 Å². The molecule has 8 heteroatoms. The Bertz CT molecular complexity index is 765. The van der Waals surface area contributed by atoms with E-state index in [4.69, 9.17) is 0 Å². The van der Waals surface area contributed by atoms with Gasteiger partial charge in [-0.2, -0.15) is 5.10 Å². The normalized spacial score (nSPS) is 10.6. The van der Waals surface area contributed by atoms with Gasteiger partial charge in [-0.15, -0.1) is 0 Å². The number of carbonyl (C=O) groups excluding carboxylic acids is 1. The summed E-state index contributed by atoms with van der Waals surface area (Å²) < 4.78 is 13.3. The largest absolute Gasteiger partial charge is 0.284 e. The number of nitro benzene ring substituents is 1. The Hall–Kier alpha value is -2.61. The maximum atomic E-state index is 13.0. The molecule has 0 radical (unpaired) electrons. The second-order valence-corrected chi connectivity index (χ2v) is 5.03. The van der Waals surface area contributed by atoms with E-state index in [1.54, 1.807) is 6.07 Å². The van der Waals surface area contributed by atoms with Crippen LogP contribution in [0.2, 0.25) is 0 Å². The Morgan fingerprint density at radius 1 is 1.32 bits per heavy atom. The molecule has 0 atom stereocenters. The molecule has 2 rings (SSSR count). The third-order valence-corrected chi connectivity index (χ3v) is 3.30. The van der Waals surface area contributed by atoms with Gasteiger partial charge in [-0.25, -0.2) is 9.82 Å². The average molecular weight is 366 g/mol. The van der Waals surface area contributed by atoms with Crippen molar-refractivity contribution in [3.63, 3.8) is 0 Å². The van der Waals surface area contributed by atoms with Crippen LogP contribution in [-0.2, 0) is 0 Å². The van der Waals surface area contributed by atoms with Crippen LogP contribution in [0.3, 0.4) is 0 Å². The fraction of sp³-hybridized carbons (Fsp3) is 0. The quantitative estimate of drug-likeness (QED) is 0.512. The zero-order valence-corrected chi connectivity index (χ0v) is 12.6. The number of nitrogens with one attached hydrogen (secondary N) is 1. The third-order valence-electron chi connectivity index (χ3n) is 2.63. The monoisotopic (exact) mass is 365 g/mol. The molecule has 22 heavy (non-hydrogen) atoms. The molecule has 0 aliphatic carbocycles. The standard InChI is InChI=1S/C14H9BrFN3O3/c15-12-5-4-9(6-13(12)19(21)22)8-17-18-14(20)10-2-1-3-11(16)7-10/h1-8H,(H,18,20)/b17-8+. The van der Waals surface area contributed by atoms with Gasteiger partial charge in [0.25, 0.3) is 11.6 Å². The summed E-state index contributed by atoms with van der Waals surface area (Å²) >= 11 is 3.07. The summed E-state index contributed by atoms with van der Waals surface area (Å²) in [6, 6.07) is 9.56. The number of carbonyl (C=O) groups is 1. The topological polar surface area (TPSA) is 84.6 Å². The van der Waals surface area contributed by atoms with E-state index >= 15 is 0 Å². The molecule has 0 heterocycles. The zero-order valence-electron chi connectivity index (χ0n) is 11.0. The van der Waals surface area contributed by atoms with Gasteiger partial charge in [0.2, 0.25) is 0 Å². The molecule has 0 bridgehead atoms. The number of nitro groups is 1. The number of hydrazone groups is 1. The number of halogens is 2. The van der Waals surface area contributed by atoms with Crippen LogP contribution in [-0.4, -0.2) is 17.0 Å². The van der Waals surface area contributed by atoms with Gasteiger partial charge in [0.15, 0.2) is 0 Å². The van der Waals surface area contributed by atoms with E-state index in [1.807, 2.05) is 0 Å². The highest BCUT2D eigenvalue weighted by molar-refractivity contribution is 9.10. The van der Waals surface area contributed by atoms with Crippen LogP contribution in [0.1, 0.15) is 15.9 Å². The summed E-state index contributed by atoms with van der Waals surface area (Å²) in [6.07, 6.45) is 1.26. The molecule has 0 aliphatic heterocycles. The summed E-state index contributed by atoms with van der Waals surface area (Å²) in [7, 11) is 0. The third kappa shape index (κ3) is 3.95. The van der Waals surface area contributed by atoms with Crippen LogP contribution in [0.4, 0.5) is 10.1 Å². The van der Waals surface area contributed by atoms with Crippen molar-refractivity contribution in [1.29, 1.82) is 0 Å². The molecule has 0 aromatic heterocycles. The predicted octanol–water partition coefficient (Wildman–Crippen LogP) is 3.26. The van der Waals surface area contributed by atoms with Crippen LogP contribution in [0.5, 0.6) is 0 Å². The Balaban J connectivity index is 2.08. The summed E-state index contributed by atoms with van der Waals surface area (Å²) in [5, 5.41) is 14.5. The first-order chi connectivity index (χ1) is 10.5. The summed E-state index contributed by atoms with van der Waals surface area (Å²) in [6.45, 7) is 0. The van der Waals surface area contributed by atoms with Crippen molar-refractivity contribution < 1.29 is 14.1 Å². The number of hydrogen-bond acceptors (Lipinski definition) is 4.